The molecule has 0 radical (unpaired) electrons. The number of alkyl carbamates (subject to hydrolysis) is 1. The Kier molecular flexibility index (Phi) is 5.76. The van der Waals surface area contributed by atoms with E-state index in [9.17, 15) is 19.5 Å². The van der Waals surface area contributed by atoms with Gasteiger partial charge in [-0.3, -0.25) is 9.48 Å². The molecule has 2 aliphatic rings. The van der Waals surface area contributed by atoms with Gasteiger partial charge in [0.25, 0.3) is 0 Å². The van der Waals surface area contributed by atoms with Crippen molar-refractivity contribution in [2.45, 2.75) is 37.1 Å². The number of hydrogen-bond donors (Lipinski definition) is 3. The summed E-state index contributed by atoms with van der Waals surface area (Å²) in [6.45, 7) is 0.193. The molecule has 2 aliphatic carbocycles. The first kappa shape index (κ1) is 22.6. The monoisotopic (exact) mass is 474 g/mol. The number of carbonyl (C=O) groups is 3. The van der Waals surface area contributed by atoms with Gasteiger partial charge < -0.3 is 20.5 Å². The molecule has 0 saturated heterocycles. The maximum Gasteiger partial charge on any atom is 0.407 e. The first-order chi connectivity index (χ1) is 16.8. The summed E-state index contributed by atoms with van der Waals surface area (Å²) >= 11 is 0. The van der Waals surface area contributed by atoms with Crippen LogP contribution in [-0.4, -0.2) is 45.0 Å². The molecule has 0 atom stereocenters. The van der Waals surface area contributed by atoms with Gasteiger partial charge in [0.15, 0.2) is 5.82 Å². The zero-order valence-corrected chi connectivity index (χ0v) is 19.3. The summed E-state index contributed by atoms with van der Waals surface area (Å²) in [4.78, 5) is 36.8. The van der Waals surface area contributed by atoms with Crippen molar-refractivity contribution in [2.24, 2.45) is 7.05 Å². The predicted octanol–water partition coefficient (Wildman–Crippen LogP) is 3.91. The number of aromatic nitrogens is 2. The van der Waals surface area contributed by atoms with Crippen molar-refractivity contribution in [1.29, 1.82) is 0 Å². The van der Waals surface area contributed by atoms with Crippen LogP contribution < -0.4 is 10.6 Å². The Morgan fingerprint density at radius 2 is 1.71 bits per heavy atom. The van der Waals surface area contributed by atoms with Crippen LogP contribution in [0.2, 0.25) is 0 Å². The third-order valence-corrected chi connectivity index (χ3v) is 6.84. The number of nitrogens with one attached hydrogen (secondary N) is 2. The Labute approximate surface area is 202 Å². The average Bonchev–Trinajstić information content (AvgIpc) is 3.33. The Balaban J connectivity index is 1.22. The number of aromatic carboxylic acids is 1. The van der Waals surface area contributed by atoms with Gasteiger partial charge >= 0.3 is 12.1 Å². The van der Waals surface area contributed by atoms with Gasteiger partial charge in [0, 0.05) is 19.2 Å². The molecule has 1 aromatic heterocycles. The molecule has 3 N–H and O–H groups in total. The van der Waals surface area contributed by atoms with Crippen molar-refractivity contribution >= 4 is 23.8 Å². The number of nitrogens with zero attached hydrogens (tertiary/aromatic N) is 2. The van der Waals surface area contributed by atoms with Crippen molar-refractivity contribution < 1.29 is 24.2 Å². The van der Waals surface area contributed by atoms with Crippen molar-refractivity contribution in [3.05, 3.63) is 71.4 Å². The molecule has 9 nitrogen and oxygen atoms in total. The van der Waals surface area contributed by atoms with Crippen LogP contribution in [0.25, 0.3) is 11.1 Å². The van der Waals surface area contributed by atoms with Gasteiger partial charge in [0.05, 0.1) is 12.0 Å². The SMILES string of the molecule is Cn1cc(C(=O)O)c(NC(=O)CC2(NC(=O)OCC3c4ccccc4-c4ccccc43)CCC2)n1. The van der Waals surface area contributed by atoms with Crippen molar-refractivity contribution in [3.63, 3.8) is 0 Å². The van der Waals surface area contributed by atoms with Gasteiger partial charge in [-0.05, 0) is 41.5 Å². The predicted molar refractivity (Wildman–Crippen MR) is 128 cm³/mol. The van der Waals surface area contributed by atoms with Gasteiger partial charge in [-0.1, -0.05) is 48.5 Å². The minimum absolute atomic E-state index is 0.00677. The number of fused-ring (bicyclic) bond motifs is 3. The third-order valence-electron chi connectivity index (χ3n) is 6.84. The molecule has 0 unspecified atom stereocenters. The fourth-order valence-electron chi connectivity index (χ4n) is 5.02. The van der Waals surface area contributed by atoms with Gasteiger partial charge in [0.1, 0.15) is 12.2 Å². The smallest absolute Gasteiger partial charge is 0.407 e. The van der Waals surface area contributed by atoms with E-state index < -0.39 is 23.5 Å². The Bertz CT molecular complexity index is 1270. The van der Waals surface area contributed by atoms with Crippen LogP contribution in [0.1, 0.15) is 53.1 Å². The van der Waals surface area contributed by atoms with E-state index >= 15 is 0 Å². The zero-order valence-electron chi connectivity index (χ0n) is 19.3. The zero-order chi connectivity index (χ0) is 24.6. The van der Waals surface area contributed by atoms with Gasteiger partial charge in [-0.25, -0.2) is 9.59 Å². The topological polar surface area (TPSA) is 123 Å². The second kappa shape index (κ2) is 8.90. The molecule has 2 amide bonds. The van der Waals surface area contributed by atoms with Gasteiger partial charge in [-0.15, -0.1) is 0 Å². The first-order valence-corrected chi connectivity index (χ1v) is 11.6. The number of aryl methyl sites for hydroxylation is 1. The molecule has 0 aliphatic heterocycles. The molecule has 180 valence electrons. The maximum absolute atomic E-state index is 12.8. The van der Waals surface area contributed by atoms with E-state index in [4.69, 9.17) is 4.74 Å². The number of rotatable bonds is 7. The van der Waals surface area contributed by atoms with E-state index in [1.54, 1.807) is 7.05 Å². The second-order valence-corrected chi connectivity index (χ2v) is 9.18. The number of ether oxygens (including phenoxy) is 1. The van der Waals surface area contributed by atoms with E-state index in [0.717, 1.165) is 28.7 Å². The highest BCUT2D eigenvalue weighted by molar-refractivity contribution is 5.99. The molecule has 1 fully saturated rings. The Morgan fingerprint density at radius 1 is 1.09 bits per heavy atom. The molecule has 2 aromatic carbocycles. The minimum Gasteiger partial charge on any atom is -0.477 e. The van der Waals surface area contributed by atoms with E-state index in [-0.39, 0.29) is 30.3 Å². The highest BCUT2D eigenvalue weighted by Crippen LogP contribution is 2.44. The van der Waals surface area contributed by atoms with Crippen LogP contribution in [0.3, 0.4) is 0 Å². The summed E-state index contributed by atoms with van der Waals surface area (Å²) in [6, 6.07) is 16.2. The van der Waals surface area contributed by atoms with E-state index in [0.29, 0.717) is 12.8 Å². The second-order valence-electron chi connectivity index (χ2n) is 9.18. The van der Waals surface area contributed by atoms with E-state index in [2.05, 4.69) is 40.0 Å². The van der Waals surface area contributed by atoms with Crippen molar-refractivity contribution in [2.75, 3.05) is 11.9 Å². The maximum atomic E-state index is 12.8. The lowest BCUT2D eigenvalue weighted by Gasteiger charge is -2.41. The summed E-state index contributed by atoms with van der Waals surface area (Å²) in [7, 11) is 1.58. The average molecular weight is 475 g/mol. The number of carboxylic acids is 1. The van der Waals surface area contributed by atoms with Crippen LogP contribution >= 0.6 is 0 Å². The number of amides is 2. The number of benzene rings is 2. The number of carboxylic acid groups (broad SMARTS) is 1. The molecule has 5 rings (SSSR count). The minimum atomic E-state index is -1.18. The highest BCUT2D eigenvalue weighted by atomic mass is 16.5. The normalized spacial score (nSPS) is 15.5. The third kappa shape index (κ3) is 4.37. The Hall–Kier alpha value is -4.14. The van der Waals surface area contributed by atoms with Crippen LogP contribution in [0.15, 0.2) is 54.7 Å². The molecule has 1 heterocycles. The summed E-state index contributed by atoms with van der Waals surface area (Å²) in [5, 5.41) is 18.8. The van der Waals surface area contributed by atoms with Gasteiger partial charge in [-0.2, -0.15) is 5.10 Å². The summed E-state index contributed by atoms with van der Waals surface area (Å²) in [6.07, 6.45) is 2.92. The summed E-state index contributed by atoms with van der Waals surface area (Å²) < 4.78 is 6.98. The quantitative estimate of drug-likeness (QED) is 0.477. The summed E-state index contributed by atoms with van der Waals surface area (Å²) in [5.41, 5.74) is 3.75. The summed E-state index contributed by atoms with van der Waals surface area (Å²) in [5.74, 6) is -1.65. The van der Waals surface area contributed by atoms with Crippen LogP contribution in [0, 0.1) is 0 Å². The largest absolute Gasteiger partial charge is 0.477 e. The lowest BCUT2D eigenvalue weighted by molar-refractivity contribution is -0.118. The molecule has 0 bridgehead atoms. The van der Waals surface area contributed by atoms with Crippen LogP contribution in [0.4, 0.5) is 10.6 Å². The molecule has 9 heteroatoms. The lowest BCUT2D eigenvalue weighted by atomic mass is 9.74. The lowest BCUT2D eigenvalue weighted by Crippen LogP contribution is -2.55. The van der Waals surface area contributed by atoms with E-state index in [1.165, 1.54) is 10.9 Å². The molecular formula is C26H26N4O5. The fraction of sp³-hybridized carbons (Fsp3) is 0.308. The van der Waals surface area contributed by atoms with Crippen molar-refractivity contribution in [3.8, 4) is 11.1 Å². The van der Waals surface area contributed by atoms with Gasteiger partial charge in [0.2, 0.25) is 5.91 Å². The highest BCUT2D eigenvalue weighted by Gasteiger charge is 2.41. The molecule has 1 saturated carbocycles. The molecule has 3 aromatic rings. The molecule has 35 heavy (non-hydrogen) atoms. The first-order valence-electron chi connectivity index (χ1n) is 11.6. The molecular weight excluding hydrogens is 448 g/mol. The number of anilines is 1. The van der Waals surface area contributed by atoms with Crippen LogP contribution in [-0.2, 0) is 16.6 Å². The Morgan fingerprint density at radius 3 is 2.29 bits per heavy atom. The number of carbonyl (C=O) groups excluding carboxylic acids is 2. The fourth-order valence-corrected chi connectivity index (χ4v) is 5.02. The standard InChI is InChI=1S/C26H26N4O5/c1-30-14-20(24(32)33)23(29-30)27-22(31)13-26(11-6-12-26)28-25(34)35-15-21-18-9-4-2-7-16(18)17-8-3-5-10-19(17)21/h2-5,7-10,14,21H,6,11-13,15H2,1H3,(H,28,34)(H,32,33)(H,27,29,31). The molecule has 0 spiro atoms. The number of hydrogen-bond acceptors (Lipinski definition) is 5. The van der Waals surface area contributed by atoms with E-state index in [1.807, 2.05) is 24.3 Å². The van der Waals surface area contributed by atoms with Crippen molar-refractivity contribution in [1.82, 2.24) is 15.1 Å². The van der Waals surface area contributed by atoms with Crippen LogP contribution in [0.5, 0.6) is 0 Å².